The van der Waals surface area contributed by atoms with E-state index in [1.807, 2.05) is 0 Å². The van der Waals surface area contributed by atoms with Crippen LogP contribution in [0.25, 0.3) is 0 Å². The van der Waals surface area contributed by atoms with E-state index in [1.165, 1.54) is 30.3 Å². The second-order valence-electron chi connectivity index (χ2n) is 6.18. The topological polar surface area (TPSA) is 75.3 Å². The molecule has 0 bridgehead atoms. The zero-order valence-electron chi connectivity index (χ0n) is 13.8. The van der Waals surface area contributed by atoms with Gasteiger partial charge in [-0.3, -0.25) is 4.79 Å². The molecule has 0 aromatic heterocycles. The zero-order valence-corrected chi connectivity index (χ0v) is 15.4. The van der Waals surface area contributed by atoms with Crippen LogP contribution in [0.3, 0.4) is 0 Å². The lowest BCUT2D eigenvalue weighted by atomic mass is 10.1. The van der Waals surface area contributed by atoms with Gasteiger partial charge in [-0.25, -0.2) is 17.5 Å². The third kappa shape index (κ3) is 4.81. The molecule has 138 valence electrons. The molecule has 1 amide bonds. The van der Waals surface area contributed by atoms with Gasteiger partial charge in [0.25, 0.3) is 5.91 Å². The van der Waals surface area contributed by atoms with E-state index in [2.05, 4.69) is 10.0 Å². The molecule has 1 saturated carbocycles. The summed E-state index contributed by atoms with van der Waals surface area (Å²) in [6, 6.07) is 10.2. The van der Waals surface area contributed by atoms with Gasteiger partial charge in [0.2, 0.25) is 10.0 Å². The Labute approximate surface area is 156 Å². The summed E-state index contributed by atoms with van der Waals surface area (Å²) in [7, 11) is -3.76. The highest BCUT2D eigenvalue weighted by Crippen LogP contribution is 2.26. The Bertz CT molecular complexity index is 930. The Balaban J connectivity index is 1.66. The zero-order chi connectivity index (χ0) is 18.7. The summed E-state index contributed by atoms with van der Waals surface area (Å²) in [4.78, 5) is 12.2. The van der Waals surface area contributed by atoms with Crippen molar-refractivity contribution in [3.63, 3.8) is 0 Å². The van der Waals surface area contributed by atoms with Crippen LogP contribution < -0.4 is 10.0 Å². The van der Waals surface area contributed by atoms with Gasteiger partial charge in [0.15, 0.2) is 0 Å². The minimum atomic E-state index is -3.76. The van der Waals surface area contributed by atoms with Crippen LogP contribution in [0.2, 0.25) is 5.02 Å². The smallest absolute Gasteiger partial charge is 0.251 e. The summed E-state index contributed by atoms with van der Waals surface area (Å²) in [5, 5.41) is 2.76. The highest BCUT2D eigenvalue weighted by molar-refractivity contribution is 7.89. The predicted octanol–water partition coefficient (Wildman–Crippen LogP) is 2.89. The van der Waals surface area contributed by atoms with Gasteiger partial charge in [-0.1, -0.05) is 23.7 Å². The fourth-order valence-electron chi connectivity index (χ4n) is 2.45. The van der Waals surface area contributed by atoms with E-state index in [0.717, 1.165) is 18.4 Å². The van der Waals surface area contributed by atoms with Crippen molar-refractivity contribution in [2.45, 2.75) is 30.2 Å². The predicted molar refractivity (Wildman–Crippen MR) is 97.2 cm³/mol. The molecule has 3 rings (SSSR count). The number of rotatable bonds is 7. The average molecular weight is 397 g/mol. The van der Waals surface area contributed by atoms with Crippen LogP contribution in [0.1, 0.15) is 28.8 Å². The van der Waals surface area contributed by atoms with Crippen molar-refractivity contribution in [1.82, 2.24) is 10.0 Å². The van der Waals surface area contributed by atoms with Gasteiger partial charge < -0.3 is 5.32 Å². The number of halogens is 2. The van der Waals surface area contributed by atoms with Crippen LogP contribution in [0.4, 0.5) is 4.39 Å². The third-order valence-corrected chi connectivity index (χ3v) is 5.97. The Morgan fingerprint density at radius 2 is 1.96 bits per heavy atom. The maximum Gasteiger partial charge on any atom is 0.251 e. The standard InChI is InChI=1S/C18H18ClFN2O3S/c19-16-7-4-13(11-17(16)26(24,25)22-15-5-6-15)18(23)21-9-8-12-2-1-3-14(20)10-12/h1-4,7,10-11,15,22H,5-6,8-9H2,(H,21,23). The molecule has 5 nitrogen and oxygen atoms in total. The number of hydrogen-bond donors (Lipinski definition) is 2. The molecule has 2 aromatic carbocycles. The van der Waals surface area contributed by atoms with Gasteiger partial charge in [0.1, 0.15) is 10.7 Å². The Hall–Kier alpha value is -1.96. The summed E-state index contributed by atoms with van der Waals surface area (Å²) < 4.78 is 40.4. The molecule has 0 radical (unpaired) electrons. The average Bonchev–Trinajstić information content (AvgIpc) is 3.38. The van der Waals surface area contributed by atoms with E-state index in [1.54, 1.807) is 12.1 Å². The molecule has 2 aromatic rings. The summed E-state index contributed by atoms with van der Waals surface area (Å²) in [5.41, 5.74) is 0.961. The molecule has 0 saturated heterocycles. The normalized spacial score (nSPS) is 14.2. The van der Waals surface area contributed by atoms with Gasteiger partial charge in [0, 0.05) is 18.2 Å². The van der Waals surface area contributed by atoms with Crippen LogP contribution in [0, 0.1) is 5.82 Å². The molecule has 0 spiro atoms. The van der Waals surface area contributed by atoms with Crippen molar-refractivity contribution in [3.8, 4) is 0 Å². The Kier molecular flexibility index (Phi) is 5.60. The van der Waals surface area contributed by atoms with Crippen LogP contribution in [0.5, 0.6) is 0 Å². The molecule has 0 aliphatic heterocycles. The molecule has 26 heavy (non-hydrogen) atoms. The molecular weight excluding hydrogens is 379 g/mol. The first-order valence-corrected chi connectivity index (χ1v) is 10.1. The molecule has 8 heteroatoms. The second kappa shape index (κ2) is 7.73. The number of amides is 1. The molecule has 0 heterocycles. The van der Waals surface area contributed by atoms with E-state index >= 15 is 0 Å². The minimum absolute atomic E-state index is 0.0557. The lowest BCUT2D eigenvalue weighted by Gasteiger charge is -2.10. The quantitative estimate of drug-likeness (QED) is 0.755. The monoisotopic (exact) mass is 396 g/mol. The Morgan fingerprint density at radius 1 is 1.19 bits per heavy atom. The van der Waals surface area contributed by atoms with Gasteiger partial charge in [-0.2, -0.15) is 0 Å². The number of benzene rings is 2. The van der Waals surface area contributed by atoms with Crippen molar-refractivity contribution in [1.29, 1.82) is 0 Å². The van der Waals surface area contributed by atoms with Gasteiger partial charge >= 0.3 is 0 Å². The van der Waals surface area contributed by atoms with E-state index in [4.69, 9.17) is 11.6 Å². The molecule has 2 N–H and O–H groups in total. The highest BCUT2D eigenvalue weighted by atomic mass is 35.5. The van der Waals surface area contributed by atoms with E-state index in [9.17, 15) is 17.6 Å². The van der Waals surface area contributed by atoms with Crippen molar-refractivity contribution in [2.75, 3.05) is 6.54 Å². The second-order valence-corrected chi connectivity index (χ2v) is 8.27. The van der Waals surface area contributed by atoms with Crippen LogP contribution in [0.15, 0.2) is 47.4 Å². The lowest BCUT2D eigenvalue weighted by molar-refractivity contribution is 0.0954. The SMILES string of the molecule is O=C(NCCc1cccc(F)c1)c1ccc(Cl)c(S(=O)(=O)NC2CC2)c1. The fourth-order valence-corrected chi connectivity index (χ4v) is 4.28. The minimum Gasteiger partial charge on any atom is -0.352 e. The number of carbonyl (C=O) groups is 1. The number of sulfonamides is 1. The van der Waals surface area contributed by atoms with Crippen molar-refractivity contribution in [3.05, 3.63) is 64.4 Å². The molecule has 0 atom stereocenters. The van der Waals surface area contributed by atoms with Crippen LogP contribution >= 0.6 is 11.6 Å². The third-order valence-electron chi connectivity index (χ3n) is 3.97. The first-order chi connectivity index (χ1) is 12.3. The Morgan fingerprint density at radius 3 is 2.65 bits per heavy atom. The van der Waals surface area contributed by atoms with Crippen LogP contribution in [-0.2, 0) is 16.4 Å². The number of carbonyl (C=O) groups excluding carboxylic acids is 1. The largest absolute Gasteiger partial charge is 0.352 e. The summed E-state index contributed by atoms with van der Waals surface area (Å²) >= 11 is 6.00. The first kappa shape index (κ1) is 18.8. The maximum atomic E-state index is 13.1. The van der Waals surface area contributed by atoms with Crippen molar-refractivity contribution < 1.29 is 17.6 Å². The van der Waals surface area contributed by atoms with E-state index in [0.29, 0.717) is 13.0 Å². The first-order valence-electron chi connectivity index (χ1n) is 8.20. The molecule has 0 unspecified atom stereocenters. The number of hydrogen-bond acceptors (Lipinski definition) is 3. The maximum absolute atomic E-state index is 13.1. The van der Waals surface area contributed by atoms with E-state index in [-0.39, 0.29) is 27.3 Å². The molecular formula is C18H18ClFN2O3S. The van der Waals surface area contributed by atoms with Crippen molar-refractivity contribution in [2.24, 2.45) is 0 Å². The summed E-state index contributed by atoms with van der Waals surface area (Å²) in [6.45, 7) is 0.299. The van der Waals surface area contributed by atoms with Gasteiger partial charge in [-0.15, -0.1) is 0 Å². The van der Waals surface area contributed by atoms with Crippen molar-refractivity contribution >= 4 is 27.5 Å². The van der Waals surface area contributed by atoms with E-state index < -0.39 is 15.9 Å². The van der Waals surface area contributed by atoms with Gasteiger partial charge in [-0.05, 0) is 55.2 Å². The summed E-state index contributed by atoms with van der Waals surface area (Å²) in [5.74, 6) is -0.745. The molecule has 1 aliphatic rings. The highest BCUT2D eigenvalue weighted by Gasteiger charge is 2.29. The van der Waals surface area contributed by atoms with Gasteiger partial charge in [0.05, 0.1) is 5.02 Å². The molecule has 1 aliphatic carbocycles. The number of nitrogens with one attached hydrogen (secondary N) is 2. The molecule has 1 fully saturated rings. The fraction of sp³-hybridized carbons (Fsp3) is 0.278. The van der Waals surface area contributed by atoms with Crippen LogP contribution in [-0.4, -0.2) is 26.9 Å². The lowest BCUT2D eigenvalue weighted by Crippen LogP contribution is -2.28. The summed E-state index contributed by atoms with van der Waals surface area (Å²) in [6.07, 6.45) is 2.07.